The van der Waals surface area contributed by atoms with Gasteiger partial charge in [-0.15, -0.1) is 0 Å². The Morgan fingerprint density at radius 3 is 2.67 bits per heavy atom. The average molecular weight is 477 g/mol. The number of nitrogens with zero attached hydrogens (tertiary/aromatic N) is 5. The maximum absolute atomic E-state index is 12.6. The van der Waals surface area contributed by atoms with Gasteiger partial charge in [0.25, 0.3) is 5.91 Å². The van der Waals surface area contributed by atoms with Crippen LogP contribution in [0.3, 0.4) is 0 Å². The van der Waals surface area contributed by atoms with Gasteiger partial charge in [0.2, 0.25) is 5.43 Å². The van der Waals surface area contributed by atoms with Gasteiger partial charge in [-0.3, -0.25) is 9.59 Å². The van der Waals surface area contributed by atoms with Crippen molar-refractivity contribution in [3.8, 4) is 5.75 Å². The Morgan fingerprint density at radius 1 is 1.26 bits per heavy atom. The summed E-state index contributed by atoms with van der Waals surface area (Å²) < 4.78 is 4.26. The smallest absolute Gasteiger partial charge is 0.275 e. The van der Waals surface area contributed by atoms with E-state index in [1.165, 1.54) is 9.58 Å². The molecule has 0 fully saturated rings. The molecule has 0 unspecified atom stereocenters. The van der Waals surface area contributed by atoms with Gasteiger partial charge in [0.1, 0.15) is 3.70 Å². The van der Waals surface area contributed by atoms with E-state index in [0.717, 1.165) is 15.5 Å². The normalized spacial score (nSPS) is 17.6. The maximum atomic E-state index is 12.6. The number of fused-ring (bicyclic) bond motifs is 1. The number of carbonyl (C=O) groups excluding carboxylic acids is 1. The molecule has 1 amide bonds. The third-order valence-corrected chi connectivity index (χ3v) is 5.26. The third-order valence-electron chi connectivity index (χ3n) is 4.71. The zero-order chi connectivity index (χ0) is 19.1. The van der Waals surface area contributed by atoms with Gasteiger partial charge < -0.3 is 14.6 Å². The first-order valence-corrected chi connectivity index (χ1v) is 9.35. The first-order chi connectivity index (χ1) is 13.0. The Labute approximate surface area is 168 Å². The molecule has 1 N–H and O–H groups in total. The van der Waals surface area contributed by atoms with Crippen LogP contribution in [-0.2, 0) is 0 Å². The fourth-order valence-electron chi connectivity index (χ4n) is 3.47. The molecule has 0 saturated carbocycles. The highest BCUT2D eigenvalue weighted by Crippen LogP contribution is 2.35. The zero-order valence-electron chi connectivity index (χ0n) is 14.4. The van der Waals surface area contributed by atoms with Crippen molar-refractivity contribution in [3.63, 3.8) is 0 Å². The minimum atomic E-state index is -0.669. The molecule has 0 saturated heterocycles. The van der Waals surface area contributed by atoms with Crippen molar-refractivity contribution >= 4 is 28.5 Å². The van der Waals surface area contributed by atoms with Crippen LogP contribution in [0.5, 0.6) is 5.75 Å². The first-order valence-electron chi connectivity index (χ1n) is 8.27. The lowest BCUT2D eigenvalue weighted by Crippen LogP contribution is -2.46. The van der Waals surface area contributed by atoms with Crippen LogP contribution in [0, 0.1) is 3.70 Å². The lowest BCUT2D eigenvalue weighted by atomic mass is 9.96. The van der Waals surface area contributed by atoms with E-state index in [-0.39, 0.29) is 17.8 Å². The Morgan fingerprint density at radius 2 is 2.00 bits per heavy atom. The van der Waals surface area contributed by atoms with E-state index in [1.54, 1.807) is 13.4 Å². The number of rotatable bonds is 3. The molecule has 0 spiro atoms. The van der Waals surface area contributed by atoms with Crippen molar-refractivity contribution < 1.29 is 9.90 Å². The van der Waals surface area contributed by atoms with Crippen LogP contribution >= 0.6 is 22.6 Å². The molecular formula is C18H16IN5O3. The van der Waals surface area contributed by atoms with E-state index in [4.69, 9.17) is 0 Å². The zero-order valence-corrected chi connectivity index (χ0v) is 16.5. The predicted molar refractivity (Wildman–Crippen MR) is 106 cm³/mol. The second-order valence-electron chi connectivity index (χ2n) is 6.40. The standard InChI is InChI=1S/C18H16IN5O3/c1-22-8-12(24-16(18(22)27)17(26)13(25)7-21-24)15(11-5-3-2-4-6-11)23-9-14(19)20-10-23/h2-7,9-10,12,15,26H,8H2,1H3/t12-,15-/m1/s1. The van der Waals surface area contributed by atoms with Crippen molar-refractivity contribution in [2.75, 3.05) is 13.6 Å². The molecular weight excluding hydrogens is 461 g/mol. The van der Waals surface area contributed by atoms with Crippen LogP contribution in [0.15, 0.2) is 53.8 Å². The molecule has 3 heterocycles. The van der Waals surface area contributed by atoms with Gasteiger partial charge in [-0.25, -0.2) is 9.67 Å². The Kier molecular flexibility index (Phi) is 4.46. The summed E-state index contributed by atoms with van der Waals surface area (Å²) in [6.45, 7) is 0.370. The van der Waals surface area contributed by atoms with E-state index in [1.807, 2.05) is 41.1 Å². The molecule has 2 atom stereocenters. The second-order valence-corrected chi connectivity index (χ2v) is 7.51. The van der Waals surface area contributed by atoms with Gasteiger partial charge in [-0.2, -0.15) is 5.10 Å². The number of aromatic hydroxyl groups is 1. The fraction of sp³-hybridized carbons (Fsp3) is 0.222. The Hall–Kier alpha value is -2.69. The number of aromatic nitrogens is 4. The number of hydrogen-bond donors (Lipinski definition) is 1. The first kappa shape index (κ1) is 17.7. The number of likely N-dealkylation sites (N-methyl/N-ethyl adjacent to an activating group) is 1. The van der Waals surface area contributed by atoms with Crippen LogP contribution in [0.4, 0.5) is 0 Å². The van der Waals surface area contributed by atoms with Crippen LogP contribution in [-0.4, -0.2) is 48.8 Å². The monoisotopic (exact) mass is 477 g/mol. The summed E-state index contributed by atoms with van der Waals surface area (Å²) in [5.74, 6) is -1.00. The molecule has 138 valence electrons. The number of hydrogen-bond acceptors (Lipinski definition) is 5. The molecule has 3 aromatic rings. The molecule has 0 radical (unpaired) electrons. The lowest BCUT2D eigenvalue weighted by molar-refractivity contribution is 0.0671. The van der Waals surface area contributed by atoms with E-state index in [9.17, 15) is 14.7 Å². The van der Waals surface area contributed by atoms with Gasteiger partial charge in [0.15, 0.2) is 11.4 Å². The van der Waals surface area contributed by atoms with E-state index < -0.39 is 17.1 Å². The Bertz CT molecular complexity index is 1060. The van der Waals surface area contributed by atoms with Crippen molar-refractivity contribution in [2.24, 2.45) is 0 Å². The molecule has 1 aliphatic heterocycles. The minimum absolute atomic E-state index is 0.0861. The lowest BCUT2D eigenvalue weighted by Gasteiger charge is -2.37. The van der Waals surface area contributed by atoms with E-state index >= 15 is 0 Å². The summed E-state index contributed by atoms with van der Waals surface area (Å²) >= 11 is 2.14. The quantitative estimate of drug-likeness (QED) is 0.580. The van der Waals surface area contributed by atoms with Crippen LogP contribution < -0.4 is 5.43 Å². The fourth-order valence-corrected chi connectivity index (χ4v) is 3.92. The largest absolute Gasteiger partial charge is 0.502 e. The number of amides is 1. The summed E-state index contributed by atoms with van der Waals surface area (Å²) in [4.78, 5) is 30.2. The molecule has 1 aliphatic rings. The summed E-state index contributed by atoms with van der Waals surface area (Å²) in [6, 6.07) is 9.25. The van der Waals surface area contributed by atoms with Gasteiger partial charge in [-0.1, -0.05) is 30.3 Å². The van der Waals surface area contributed by atoms with Crippen molar-refractivity contribution in [3.05, 3.63) is 74.2 Å². The highest BCUT2D eigenvalue weighted by Gasteiger charge is 2.38. The Balaban J connectivity index is 1.94. The van der Waals surface area contributed by atoms with Crippen molar-refractivity contribution in [2.45, 2.75) is 12.1 Å². The van der Waals surface area contributed by atoms with Crippen molar-refractivity contribution in [1.82, 2.24) is 24.2 Å². The molecule has 1 aromatic carbocycles. The van der Waals surface area contributed by atoms with E-state index in [2.05, 4.69) is 32.7 Å². The number of carbonyl (C=O) groups is 1. The molecule has 8 nitrogen and oxygen atoms in total. The van der Waals surface area contributed by atoms with E-state index in [0.29, 0.717) is 6.54 Å². The second kappa shape index (κ2) is 6.80. The van der Waals surface area contributed by atoms with Gasteiger partial charge >= 0.3 is 0 Å². The SMILES string of the molecule is CN1C[C@H]([C@@H](c2ccccc2)n2cnc(I)c2)n2ncc(=O)c(O)c2C1=O. The summed E-state index contributed by atoms with van der Waals surface area (Å²) in [5, 5.41) is 14.4. The van der Waals surface area contributed by atoms with Gasteiger partial charge in [-0.05, 0) is 28.2 Å². The van der Waals surface area contributed by atoms with Gasteiger partial charge in [0, 0.05) is 19.8 Å². The number of imidazole rings is 1. The summed E-state index contributed by atoms with van der Waals surface area (Å²) in [7, 11) is 1.65. The molecule has 27 heavy (non-hydrogen) atoms. The highest BCUT2D eigenvalue weighted by molar-refractivity contribution is 14.1. The molecule has 9 heteroatoms. The molecule has 0 aliphatic carbocycles. The molecule has 2 aromatic heterocycles. The molecule has 4 rings (SSSR count). The third kappa shape index (κ3) is 3.01. The predicted octanol–water partition coefficient (Wildman–Crippen LogP) is 1.67. The minimum Gasteiger partial charge on any atom is -0.502 e. The van der Waals surface area contributed by atoms with Crippen LogP contribution in [0.2, 0.25) is 0 Å². The van der Waals surface area contributed by atoms with Crippen LogP contribution in [0.1, 0.15) is 28.1 Å². The summed E-state index contributed by atoms with van der Waals surface area (Å²) in [6.07, 6.45) is 4.69. The highest BCUT2D eigenvalue weighted by atomic mass is 127. The number of benzene rings is 1. The van der Waals surface area contributed by atoms with Crippen molar-refractivity contribution in [1.29, 1.82) is 0 Å². The number of halogens is 1. The molecule has 0 bridgehead atoms. The summed E-state index contributed by atoms with van der Waals surface area (Å²) in [5.41, 5.74) is 0.249. The van der Waals surface area contributed by atoms with Crippen LogP contribution in [0.25, 0.3) is 0 Å². The topological polar surface area (TPSA) is 93.2 Å². The average Bonchev–Trinajstić information content (AvgIpc) is 3.08. The van der Waals surface area contributed by atoms with Gasteiger partial charge in [0.05, 0.1) is 24.6 Å². The maximum Gasteiger partial charge on any atom is 0.275 e.